The van der Waals surface area contributed by atoms with Crippen LogP contribution in [0.25, 0.3) is 33.7 Å². The molecule has 0 unspecified atom stereocenters. The summed E-state index contributed by atoms with van der Waals surface area (Å²) in [5.41, 5.74) is 3.30. The highest BCUT2D eigenvalue weighted by atomic mass is 16.3. The lowest BCUT2D eigenvalue weighted by molar-refractivity contribution is 0.285. The first-order valence-electron chi connectivity index (χ1n) is 10.8. The summed E-state index contributed by atoms with van der Waals surface area (Å²) < 4.78 is 0. The summed E-state index contributed by atoms with van der Waals surface area (Å²) in [6, 6.07) is 35.3. The van der Waals surface area contributed by atoms with E-state index in [2.05, 4.69) is 43.5 Å². The molecule has 0 aliphatic rings. The van der Waals surface area contributed by atoms with E-state index in [0.717, 1.165) is 27.5 Å². The highest BCUT2D eigenvalue weighted by molar-refractivity contribution is 6.02. The van der Waals surface area contributed by atoms with Crippen LogP contribution in [0.3, 0.4) is 0 Å². The summed E-state index contributed by atoms with van der Waals surface area (Å²) in [6.45, 7) is 7.47. The molecule has 0 aromatic heterocycles. The Labute approximate surface area is 195 Å². The molecular formula is C31H28O2. The van der Waals surface area contributed by atoms with Gasteiger partial charge in [-0.1, -0.05) is 116 Å². The summed E-state index contributed by atoms with van der Waals surface area (Å²) in [5, 5.41) is 22.8. The van der Waals surface area contributed by atoms with Gasteiger partial charge in [0.15, 0.2) is 0 Å². The lowest BCUT2D eigenvalue weighted by atomic mass is 9.97. The van der Waals surface area contributed by atoms with Crippen molar-refractivity contribution < 1.29 is 10.2 Å². The van der Waals surface area contributed by atoms with Gasteiger partial charge in [-0.25, -0.2) is 0 Å². The van der Waals surface area contributed by atoms with Gasteiger partial charge in [0.1, 0.15) is 5.75 Å². The highest BCUT2D eigenvalue weighted by Gasteiger charge is 2.05. The second kappa shape index (κ2) is 12.0. The lowest BCUT2D eigenvalue weighted by Crippen LogP contribution is -1.88. The third-order valence-electron chi connectivity index (χ3n) is 5.23. The third-order valence-corrected chi connectivity index (χ3v) is 5.23. The molecule has 0 saturated heterocycles. The van der Waals surface area contributed by atoms with E-state index in [9.17, 15) is 5.11 Å². The van der Waals surface area contributed by atoms with Gasteiger partial charge in [-0.3, -0.25) is 0 Å². The Hall–Kier alpha value is -4.14. The van der Waals surface area contributed by atoms with Crippen molar-refractivity contribution in [1.29, 1.82) is 0 Å². The average Bonchev–Trinajstić information content (AvgIpc) is 2.88. The van der Waals surface area contributed by atoms with Crippen LogP contribution in [-0.2, 0) is 6.61 Å². The largest absolute Gasteiger partial charge is 0.508 e. The molecule has 2 nitrogen and oxygen atoms in total. The molecule has 0 aliphatic carbocycles. The van der Waals surface area contributed by atoms with Gasteiger partial charge in [0, 0.05) is 0 Å². The minimum absolute atomic E-state index is 0.0852. The second-order valence-corrected chi connectivity index (χ2v) is 7.33. The Bertz CT molecular complexity index is 1260. The molecular weight excluding hydrogens is 404 g/mol. The number of benzene rings is 5. The fourth-order valence-corrected chi connectivity index (χ4v) is 3.59. The van der Waals surface area contributed by atoms with Crippen LogP contribution in [0.5, 0.6) is 5.75 Å². The summed E-state index contributed by atoms with van der Waals surface area (Å²) in [6.07, 6.45) is 3.66. The standard InChI is InChI=1S/C15H12O.C10H10.C6H6O/c16-10-15-13-7-3-1-5-11(13)9-12-6-2-4-8-14(12)15;1-3-9-7-5-6-8-10(9)4-2;7-6-4-2-1-3-5-6/h1-9,16H,10H2;3-8H,1-2H2;1-5,7H. The van der Waals surface area contributed by atoms with Crippen molar-refractivity contribution in [3.8, 4) is 5.75 Å². The van der Waals surface area contributed by atoms with Crippen LogP contribution >= 0.6 is 0 Å². The van der Waals surface area contributed by atoms with Gasteiger partial charge < -0.3 is 10.2 Å². The van der Waals surface area contributed by atoms with Crippen LogP contribution in [0.4, 0.5) is 0 Å². The van der Waals surface area contributed by atoms with E-state index in [-0.39, 0.29) is 6.61 Å². The number of aliphatic hydroxyl groups is 1. The van der Waals surface area contributed by atoms with Crippen LogP contribution in [0, 0.1) is 0 Å². The van der Waals surface area contributed by atoms with E-state index in [1.54, 1.807) is 24.3 Å². The SMILES string of the molecule is C=Cc1ccccc1C=C.OCc1c2ccccc2cc2ccccc12.Oc1ccccc1. The quantitative estimate of drug-likeness (QED) is 0.285. The molecule has 2 N–H and O–H groups in total. The molecule has 5 aromatic carbocycles. The Morgan fingerprint density at radius 1 is 0.576 bits per heavy atom. The molecule has 0 amide bonds. The molecule has 0 fully saturated rings. The topological polar surface area (TPSA) is 40.5 Å². The fraction of sp³-hybridized carbons (Fsp3) is 0.0323. The number of hydrogen-bond donors (Lipinski definition) is 2. The van der Waals surface area contributed by atoms with E-state index in [1.807, 2.05) is 66.7 Å². The van der Waals surface area contributed by atoms with Crippen molar-refractivity contribution in [2.24, 2.45) is 0 Å². The molecule has 0 heterocycles. The molecule has 0 bridgehead atoms. The predicted octanol–water partition coefficient (Wildman–Crippen LogP) is 7.85. The van der Waals surface area contributed by atoms with Crippen molar-refractivity contribution in [3.05, 3.63) is 139 Å². The normalized spacial score (nSPS) is 9.85. The van der Waals surface area contributed by atoms with Crippen LogP contribution in [-0.4, -0.2) is 10.2 Å². The molecule has 5 rings (SSSR count). The Morgan fingerprint density at radius 3 is 1.39 bits per heavy atom. The zero-order valence-electron chi connectivity index (χ0n) is 18.6. The molecule has 0 saturated carbocycles. The van der Waals surface area contributed by atoms with Gasteiger partial charge in [-0.15, -0.1) is 0 Å². The van der Waals surface area contributed by atoms with Crippen molar-refractivity contribution >= 4 is 33.7 Å². The first-order valence-corrected chi connectivity index (χ1v) is 10.8. The summed E-state index contributed by atoms with van der Waals surface area (Å²) in [5.74, 6) is 0.322. The molecule has 33 heavy (non-hydrogen) atoms. The summed E-state index contributed by atoms with van der Waals surface area (Å²) in [4.78, 5) is 0. The predicted molar refractivity (Wildman–Crippen MR) is 142 cm³/mol. The van der Waals surface area contributed by atoms with Crippen LogP contribution in [0.15, 0.2) is 122 Å². The number of phenols is 1. The fourth-order valence-electron chi connectivity index (χ4n) is 3.59. The first kappa shape index (κ1) is 23.5. The van der Waals surface area contributed by atoms with Crippen molar-refractivity contribution in [2.75, 3.05) is 0 Å². The number of fused-ring (bicyclic) bond motifs is 2. The summed E-state index contributed by atoms with van der Waals surface area (Å²) in [7, 11) is 0. The minimum Gasteiger partial charge on any atom is -0.508 e. The Kier molecular flexibility index (Phi) is 8.58. The molecule has 2 heteroatoms. The molecule has 164 valence electrons. The van der Waals surface area contributed by atoms with Gasteiger partial charge in [-0.05, 0) is 56.4 Å². The van der Waals surface area contributed by atoms with Gasteiger partial charge in [0.2, 0.25) is 0 Å². The maximum atomic E-state index is 9.53. The highest BCUT2D eigenvalue weighted by Crippen LogP contribution is 2.28. The zero-order valence-corrected chi connectivity index (χ0v) is 18.6. The molecule has 0 aliphatic heterocycles. The van der Waals surface area contributed by atoms with Gasteiger partial charge >= 0.3 is 0 Å². The molecule has 0 radical (unpaired) electrons. The number of para-hydroxylation sites is 1. The maximum absolute atomic E-state index is 9.53. The number of aromatic hydroxyl groups is 1. The van der Waals surface area contributed by atoms with E-state index in [1.165, 1.54) is 10.8 Å². The molecule has 0 spiro atoms. The average molecular weight is 433 g/mol. The van der Waals surface area contributed by atoms with Crippen LogP contribution < -0.4 is 0 Å². The Morgan fingerprint density at radius 2 is 1.00 bits per heavy atom. The summed E-state index contributed by atoms with van der Waals surface area (Å²) >= 11 is 0. The smallest absolute Gasteiger partial charge is 0.115 e. The monoisotopic (exact) mass is 432 g/mol. The number of hydrogen-bond acceptors (Lipinski definition) is 2. The molecule has 5 aromatic rings. The number of aliphatic hydroxyl groups excluding tert-OH is 1. The van der Waals surface area contributed by atoms with E-state index < -0.39 is 0 Å². The minimum atomic E-state index is 0.0852. The van der Waals surface area contributed by atoms with E-state index in [4.69, 9.17) is 5.11 Å². The third kappa shape index (κ3) is 6.19. The van der Waals surface area contributed by atoms with Crippen LogP contribution in [0.2, 0.25) is 0 Å². The van der Waals surface area contributed by atoms with Gasteiger partial charge in [-0.2, -0.15) is 0 Å². The van der Waals surface area contributed by atoms with Crippen LogP contribution in [0.1, 0.15) is 16.7 Å². The number of rotatable bonds is 3. The van der Waals surface area contributed by atoms with E-state index >= 15 is 0 Å². The van der Waals surface area contributed by atoms with E-state index in [0.29, 0.717) is 5.75 Å². The zero-order chi connectivity index (χ0) is 23.5. The van der Waals surface area contributed by atoms with Crippen molar-refractivity contribution in [2.45, 2.75) is 6.61 Å². The van der Waals surface area contributed by atoms with Crippen molar-refractivity contribution in [1.82, 2.24) is 0 Å². The molecule has 0 atom stereocenters. The number of phenolic OH excluding ortho intramolecular Hbond substituents is 1. The van der Waals surface area contributed by atoms with Crippen molar-refractivity contribution in [3.63, 3.8) is 0 Å². The van der Waals surface area contributed by atoms with Gasteiger partial charge in [0.25, 0.3) is 0 Å². The maximum Gasteiger partial charge on any atom is 0.115 e. The lowest BCUT2D eigenvalue weighted by Gasteiger charge is -2.08. The van der Waals surface area contributed by atoms with Gasteiger partial charge in [0.05, 0.1) is 6.61 Å². The Balaban J connectivity index is 0.000000154. The second-order valence-electron chi connectivity index (χ2n) is 7.33. The first-order chi connectivity index (χ1) is 16.2.